The lowest BCUT2D eigenvalue weighted by molar-refractivity contribution is 0.0300. The smallest absolute Gasteiger partial charge is 0.129 e. The number of phenolic OH excluding ortho intramolecular Hbond substituents is 1. The Labute approximate surface area is 112 Å². The van der Waals surface area contributed by atoms with E-state index in [1.807, 2.05) is 36.4 Å². The number of rotatable bonds is 2. The maximum atomic E-state index is 9.58. The van der Waals surface area contributed by atoms with Crippen molar-refractivity contribution in [3.05, 3.63) is 59.7 Å². The highest BCUT2D eigenvalue weighted by atomic mass is 16.5. The lowest BCUT2D eigenvalue weighted by atomic mass is 9.95. The Bertz CT molecular complexity index is 565. The predicted molar refractivity (Wildman–Crippen MR) is 72.3 cm³/mol. The van der Waals surface area contributed by atoms with Gasteiger partial charge in [0.2, 0.25) is 0 Å². The van der Waals surface area contributed by atoms with Gasteiger partial charge < -0.3 is 14.6 Å². The molecule has 0 aliphatic carbocycles. The Morgan fingerprint density at radius 1 is 1.16 bits per heavy atom. The third kappa shape index (κ3) is 2.29. The summed E-state index contributed by atoms with van der Waals surface area (Å²) in [6.45, 7) is 0. The summed E-state index contributed by atoms with van der Waals surface area (Å²) in [6, 6.07) is 15.3. The molecule has 3 rings (SSSR count). The quantitative estimate of drug-likeness (QED) is 0.892. The SMILES string of the molecule is CO[C@@H]1C[C@@H](c2ccccc2)Oc2cc(O)ccc21. The summed E-state index contributed by atoms with van der Waals surface area (Å²) in [6.07, 6.45) is 0.730. The average Bonchev–Trinajstić information content (AvgIpc) is 2.46. The van der Waals surface area contributed by atoms with Crippen LogP contribution in [0.2, 0.25) is 0 Å². The molecular formula is C16H16O3. The Hall–Kier alpha value is -2.00. The zero-order valence-corrected chi connectivity index (χ0v) is 10.7. The second-order valence-electron chi connectivity index (χ2n) is 4.70. The van der Waals surface area contributed by atoms with Crippen LogP contribution in [0.3, 0.4) is 0 Å². The second-order valence-corrected chi connectivity index (χ2v) is 4.70. The van der Waals surface area contributed by atoms with Gasteiger partial charge in [-0.15, -0.1) is 0 Å². The number of hydrogen-bond donors (Lipinski definition) is 1. The lowest BCUT2D eigenvalue weighted by Gasteiger charge is -2.31. The minimum atomic E-state index is -0.0413. The van der Waals surface area contributed by atoms with Crippen LogP contribution in [0.5, 0.6) is 11.5 Å². The molecule has 2 atom stereocenters. The van der Waals surface area contributed by atoms with Gasteiger partial charge in [0, 0.05) is 25.2 Å². The van der Waals surface area contributed by atoms with Crippen LogP contribution in [0.15, 0.2) is 48.5 Å². The van der Waals surface area contributed by atoms with E-state index >= 15 is 0 Å². The van der Waals surface area contributed by atoms with Crippen LogP contribution in [-0.4, -0.2) is 12.2 Å². The molecule has 3 nitrogen and oxygen atoms in total. The summed E-state index contributed by atoms with van der Waals surface area (Å²) in [5, 5.41) is 9.58. The Morgan fingerprint density at radius 3 is 2.68 bits per heavy atom. The van der Waals surface area contributed by atoms with Crippen LogP contribution in [0, 0.1) is 0 Å². The third-order valence-electron chi connectivity index (χ3n) is 3.50. The Balaban J connectivity index is 1.97. The van der Waals surface area contributed by atoms with E-state index in [0.717, 1.165) is 17.5 Å². The van der Waals surface area contributed by atoms with Crippen LogP contribution < -0.4 is 4.74 Å². The maximum absolute atomic E-state index is 9.58. The van der Waals surface area contributed by atoms with Gasteiger partial charge in [-0.1, -0.05) is 30.3 Å². The average molecular weight is 256 g/mol. The van der Waals surface area contributed by atoms with Gasteiger partial charge in [-0.2, -0.15) is 0 Å². The minimum absolute atomic E-state index is 0.00504. The third-order valence-corrected chi connectivity index (χ3v) is 3.50. The van der Waals surface area contributed by atoms with Crippen molar-refractivity contribution in [2.75, 3.05) is 7.11 Å². The first kappa shape index (κ1) is 12.1. The molecule has 0 radical (unpaired) electrons. The number of hydrogen-bond acceptors (Lipinski definition) is 3. The van der Waals surface area contributed by atoms with Crippen molar-refractivity contribution >= 4 is 0 Å². The Kier molecular flexibility index (Phi) is 3.13. The summed E-state index contributed by atoms with van der Waals surface area (Å²) < 4.78 is 11.5. The van der Waals surface area contributed by atoms with E-state index in [0.29, 0.717) is 5.75 Å². The number of phenols is 1. The molecule has 0 amide bonds. The molecule has 0 saturated heterocycles. The fourth-order valence-electron chi connectivity index (χ4n) is 2.51. The van der Waals surface area contributed by atoms with Crippen molar-refractivity contribution in [2.24, 2.45) is 0 Å². The molecule has 1 N–H and O–H groups in total. The molecule has 98 valence electrons. The second kappa shape index (κ2) is 4.94. The van der Waals surface area contributed by atoms with Crippen molar-refractivity contribution in [3.63, 3.8) is 0 Å². The summed E-state index contributed by atoms with van der Waals surface area (Å²) in [5.41, 5.74) is 2.12. The predicted octanol–water partition coefficient (Wildman–Crippen LogP) is 3.60. The van der Waals surface area contributed by atoms with Gasteiger partial charge >= 0.3 is 0 Å². The summed E-state index contributed by atoms with van der Waals surface area (Å²) in [5.74, 6) is 0.911. The number of fused-ring (bicyclic) bond motifs is 1. The van der Waals surface area contributed by atoms with Crippen LogP contribution >= 0.6 is 0 Å². The van der Waals surface area contributed by atoms with Gasteiger partial charge in [-0.3, -0.25) is 0 Å². The normalized spacial score (nSPS) is 21.5. The molecular weight excluding hydrogens is 240 g/mol. The number of methoxy groups -OCH3 is 1. The highest BCUT2D eigenvalue weighted by Crippen LogP contribution is 2.43. The van der Waals surface area contributed by atoms with Gasteiger partial charge in [0.15, 0.2) is 0 Å². The monoisotopic (exact) mass is 256 g/mol. The molecule has 1 heterocycles. The molecule has 1 aliphatic heterocycles. The van der Waals surface area contributed by atoms with Gasteiger partial charge in [-0.05, 0) is 17.7 Å². The van der Waals surface area contributed by atoms with Crippen LogP contribution in [0.1, 0.15) is 29.8 Å². The van der Waals surface area contributed by atoms with Crippen LogP contribution in [0.25, 0.3) is 0 Å². The molecule has 0 unspecified atom stereocenters. The molecule has 1 aliphatic rings. The van der Waals surface area contributed by atoms with Crippen molar-refractivity contribution in [1.82, 2.24) is 0 Å². The topological polar surface area (TPSA) is 38.7 Å². The lowest BCUT2D eigenvalue weighted by Crippen LogP contribution is -2.20. The van der Waals surface area contributed by atoms with Gasteiger partial charge in [0.25, 0.3) is 0 Å². The summed E-state index contributed by atoms with van der Waals surface area (Å²) in [7, 11) is 1.70. The van der Waals surface area contributed by atoms with Crippen molar-refractivity contribution < 1.29 is 14.6 Å². The van der Waals surface area contributed by atoms with E-state index in [-0.39, 0.29) is 18.0 Å². The fourth-order valence-corrected chi connectivity index (χ4v) is 2.51. The largest absolute Gasteiger partial charge is 0.508 e. The van der Waals surface area contributed by atoms with E-state index in [4.69, 9.17) is 9.47 Å². The minimum Gasteiger partial charge on any atom is -0.508 e. The molecule has 2 aromatic rings. The molecule has 0 bridgehead atoms. The molecule has 0 spiro atoms. The zero-order chi connectivity index (χ0) is 13.2. The summed E-state index contributed by atoms with van der Waals surface area (Å²) >= 11 is 0. The molecule has 0 fully saturated rings. The molecule has 2 aromatic carbocycles. The Morgan fingerprint density at radius 2 is 1.95 bits per heavy atom. The van der Waals surface area contributed by atoms with E-state index in [1.54, 1.807) is 19.2 Å². The molecule has 0 saturated carbocycles. The highest BCUT2D eigenvalue weighted by Gasteiger charge is 2.29. The number of benzene rings is 2. The van der Waals surface area contributed by atoms with Gasteiger partial charge in [0.1, 0.15) is 17.6 Å². The first-order valence-corrected chi connectivity index (χ1v) is 6.35. The van der Waals surface area contributed by atoms with E-state index in [1.165, 1.54) is 0 Å². The molecule has 3 heteroatoms. The first-order chi connectivity index (χ1) is 9.28. The van der Waals surface area contributed by atoms with Crippen LogP contribution in [0.4, 0.5) is 0 Å². The number of ether oxygens (including phenoxy) is 2. The highest BCUT2D eigenvalue weighted by molar-refractivity contribution is 5.43. The fraction of sp³-hybridized carbons (Fsp3) is 0.250. The first-order valence-electron chi connectivity index (χ1n) is 6.35. The van der Waals surface area contributed by atoms with Gasteiger partial charge in [-0.25, -0.2) is 0 Å². The van der Waals surface area contributed by atoms with Crippen molar-refractivity contribution in [1.29, 1.82) is 0 Å². The summed E-state index contributed by atoms with van der Waals surface area (Å²) in [4.78, 5) is 0. The van der Waals surface area contributed by atoms with Crippen molar-refractivity contribution in [2.45, 2.75) is 18.6 Å². The molecule has 19 heavy (non-hydrogen) atoms. The van der Waals surface area contributed by atoms with Crippen LogP contribution in [-0.2, 0) is 4.74 Å². The van der Waals surface area contributed by atoms with Gasteiger partial charge in [0.05, 0.1) is 6.10 Å². The standard InChI is InChI=1S/C16H16O3/c1-18-15-10-14(11-5-3-2-4-6-11)19-16-9-12(17)7-8-13(15)16/h2-9,14-15,17H,10H2,1H3/t14-,15+/m0/s1. The maximum Gasteiger partial charge on any atom is 0.129 e. The van der Waals surface area contributed by atoms with E-state index in [2.05, 4.69) is 0 Å². The zero-order valence-electron chi connectivity index (χ0n) is 10.7. The van der Waals surface area contributed by atoms with E-state index in [9.17, 15) is 5.11 Å². The van der Waals surface area contributed by atoms with E-state index < -0.39 is 0 Å². The number of aromatic hydroxyl groups is 1. The van der Waals surface area contributed by atoms with Crippen molar-refractivity contribution in [3.8, 4) is 11.5 Å². The molecule has 0 aromatic heterocycles.